The van der Waals surface area contributed by atoms with Crippen molar-refractivity contribution >= 4 is 11.9 Å². The number of furan rings is 1. The molecule has 0 aliphatic rings. The van der Waals surface area contributed by atoms with E-state index < -0.39 is 17.4 Å². The maximum absolute atomic E-state index is 12.0. The van der Waals surface area contributed by atoms with E-state index in [1.807, 2.05) is 0 Å². The normalized spacial score (nSPS) is 11.1. The third-order valence-electron chi connectivity index (χ3n) is 2.59. The zero-order valence-corrected chi connectivity index (χ0v) is 10.9. The van der Waals surface area contributed by atoms with Gasteiger partial charge in [-0.05, 0) is 32.4 Å². The highest BCUT2D eigenvalue weighted by molar-refractivity contribution is 5.99. The third-order valence-corrected chi connectivity index (χ3v) is 2.59. The molecule has 1 rings (SSSR count). The lowest BCUT2D eigenvalue weighted by Crippen LogP contribution is -2.41. The molecule has 0 atom stereocenters. The van der Waals surface area contributed by atoms with Crippen LogP contribution in [-0.2, 0) is 25.5 Å². The van der Waals surface area contributed by atoms with Gasteiger partial charge >= 0.3 is 11.9 Å². The van der Waals surface area contributed by atoms with Crippen molar-refractivity contribution in [2.24, 2.45) is 5.41 Å². The predicted octanol–water partition coefficient (Wildman–Crippen LogP) is 1.95. The summed E-state index contributed by atoms with van der Waals surface area (Å²) < 4.78 is 14.8. The maximum atomic E-state index is 12.0. The SMILES string of the molecule is CCOC(=O)C(C)(Cc1ccoc1)C(=O)OCC. The lowest BCUT2D eigenvalue weighted by Gasteiger charge is -2.24. The van der Waals surface area contributed by atoms with Crippen molar-refractivity contribution in [2.45, 2.75) is 27.2 Å². The monoisotopic (exact) mass is 254 g/mol. The van der Waals surface area contributed by atoms with Crippen molar-refractivity contribution in [3.63, 3.8) is 0 Å². The van der Waals surface area contributed by atoms with Gasteiger partial charge in [0.05, 0.1) is 25.7 Å². The number of carbonyl (C=O) groups is 2. The summed E-state index contributed by atoms with van der Waals surface area (Å²) in [7, 11) is 0. The van der Waals surface area contributed by atoms with E-state index in [1.54, 1.807) is 19.9 Å². The van der Waals surface area contributed by atoms with Gasteiger partial charge in [-0.1, -0.05) is 0 Å². The number of hydrogen-bond acceptors (Lipinski definition) is 5. The molecule has 5 heteroatoms. The third kappa shape index (κ3) is 3.12. The highest BCUT2D eigenvalue weighted by Gasteiger charge is 2.44. The van der Waals surface area contributed by atoms with Gasteiger partial charge in [-0.2, -0.15) is 0 Å². The Morgan fingerprint density at radius 1 is 1.22 bits per heavy atom. The number of hydrogen-bond donors (Lipinski definition) is 0. The molecular weight excluding hydrogens is 236 g/mol. The molecule has 100 valence electrons. The van der Waals surface area contributed by atoms with Crippen LogP contribution < -0.4 is 0 Å². The van der Waals surface area contributed by atoms with E-state index in [2.05, 4.69) is 0 Å². The summed E-state index contributed by atoms with van der Waals surface area (Å²) in [5.41, 5.74) is -0.589. The summed E-state index contributed by atoms with van der Waals surface area (Å²) in [4.78, 5) is 23.9. The van der Waals surface area contributed by atoms with Crippen LogP contribution >= 0.6 is 0 Å². The van der Waals surface area contributed by atoms with Gasteiger partial charge in [0.1, 0.15) is 0 Å². The van der Waals surface area contributed by atoms with Crippen LogP contribution in [0.3, 0.4) is 0 Å². The Kier molecular flexibility index (Phi) is 4.95. The Hall–Kier alpha value is -1.78. The summed E-state index contributed by atoms with van der Waals surface area (Å²) >= 11 is 0. The van der Waals surface area contributed by atoms with Crippen molar-refractivity contribution in [3.05, 3.63) is 24.2 Å². The average molecular weight is 254 g/mol. The van der Waals surface area contributed by atoms with Gasteiger partial charge in [-0.15, -0.1) is 0 Å². The first-order valence-electron chi connectivity index (χ1n) is 5.90. The minimum Gasteiger partial charge on any atom is -0.472 e. The van der Waals surface area contributed by atoms with Gasteiger partial charge < -0.3 is 13.9 Å². The zero-order valence-electron chi connectivity index (χ0n) is 10.9. The molecule has 0 amide bonds. The van der Waals surface area contributed by atoms with Crippen LogP contribution in [0, 0.1) is 5.41 Å². The number of esters is 2. The summed E-state index contributed by atoms with van der Waals surface area (Å²) in [6.45, 7) is 5.36. The van der Waals surface area contributed by atoms with Crippen LogP contribution in [0.15, 0.2) is 23.0 Å². The highest BCUT2D eigenvalue weighted by Crippen LogP contribution is 2.26. The highest BCUT2D eigenvalue weighted by atomic mass is 16.6. The maximum Gasteiger partial charge on any atom is 0.323 e. The number of carbonyl (C=O) groups excluding carboxylic acids is 2. The van der Waals surface area contributed by atoms with E-state index in [1.165, 1.54) is 19.5 Å². The quantitative estimate of drug-likeness (QED) is 0.573. The molecule has 0 aliphatic carbocycles. The molecule has 0 aliphatic heterocycles. The first-order valence-corrected chi connectivity index (χ1v) is 5.90. The summed E-state index contributed by atoms with van der Waals surface area (Å²) in [5, 5.41) is 0. The van der Waals surface area contributed by atoms with Crippen LogP contribution in [0.4, 0.5) is 0 Å². The molecule has 18 heavy (non-hydrogen) atoms. The minimum atomic E-state index is -1.34. The van der Waals surface area contributed by atoms with Crippen molar-refractivity contribution in [1.82, 2.24) is 0 Å². The van der Waals surface area contributed by atoms with Gasteiger partial charge in [0, 0.05) is 6.42 Å². The molecular formula is C13H18O5. The molecule has 0 radical (unpaired) electrons. The molecule has 1 heterocycles. The van der Waals surface area contributed by atoms with E-state index >= 15 is 0 Å². The predicted molar refractivity (Wildman–Crippen MR) is 63.8 cm³/mol. The second kappa shape index (κ2) is 6.23. The summed E-state index contributed by atoms with van der Waals surface area (Å²) in [5.74, 6) is -1.16. The Labute approximate surface area is 106 Å². The number of rotatable bonds is 6. The van der Waals surface area contributed by atoms with E-state index in [-0.39, 0.29) is 19.6 Å². The van der Waals surface area contributed by atoms with Crippen LogP contribution in [-0.4, -0.2) is 25.2 Å². The lowest BCUT2D eigenvalue weighted by atomic mass is 9.84. The topological polar surface area (TPSA) is 65.7 Å². The van der Waals surface area contributed by atoms with Gasteiger partial charge in [0.2, 0.25) is 0 Å². The fourth-order valence-electron chi connectivity index (χ4n) is 1.61. The van der Waals surface area contributed by atoms with Gasteiger partial charge in [0.25, 0.3) is 0 Å². The van der Waals surface area contributed by atoms with E-state index in [4.69, 9.17) is 13.9 Å². The van der Waals surface area contributed by atoms with Crippen molar-refractivity contribution < 1.29 is 23.5 Å². The first-order chi connectivity index (χ1) is 8.54. The van der Waals surface area contributed by atoms with Crippen molar-refractivity contribution in [3.8, 4) is 0 Å². The molecule has 0 saturated heterocycles. The second-order valence-electron chi connectivity index (χ2n) is 4.08. The molecule has 0 unspecified atom stereocenters. The average Bonchev–Trinajstić information content (AvgIpc) is 2.82. The molecule has 0 saturated carbocycles. The Bertz CT molecular complexity index is 376. The molecule has 0 spiro atoms. The van der Waals surface area contributed by atoms with Gasteiger partial charge in [-0.25, -0.2) is 0 Å². The Morgan fingerprint density at radius 2 is 1.78 bits per heavy atom. The van der Waals surface area contributed by atoms with Gasteiger partial charge in [-0.3, -0.25) is 9.59 Å². The van der Waals surface area contributed by atoms with E-state index in [0.29, 0.717) is 0 Å². The lowest BCUT2D eigenvalue weighted by molar-refractivity contribution is -0.170. The van der Waals surface area contributed by atoms with Crippen molar-refractivity contribution in [2.75, 3.05) is 13.2 Å². The largest absolute Gasteiger partial charge is 0.472 e. The molecule has 1 aromatic heterocycles. The van der Waals surface area contributed by atoms with E-state index in [0.717, 1.165) is 5.56 Å². The molecule has 5 nitrogen and oxygen atoms in total. The minimum absolute atomic E-state index is 0.196. The Morgan fingerprint density at radius 3 is 2.17 bits per heavy atom. The fourth-order valence-corrected chi connectivity index (χ4v) is 1.61. The second-order valence-corrected chi connectivity index (χ2v) is 4.08. The summed E-state index contributed by atoms with van der Waals surface area (Å²) in [6, 6.07) is 1.71. The molecule has 0 bridgehead atoms. The Balaban J connectivity index is 2.92. The standard InChI is InChI=1S/C13H18O5/c1-4-17-11(14)13(3,12(15)18-5-2)8-10-6-7-16-9-10/h6-7,9H,4-5,8H2,1-3H3. The zero-order chi connectivity index (χ0) is 13.6. The first kappa shape index (κ1) is 14.3. The molecule has 1 aromatic rings. The van der Waals surface area contributed by atoms with E-state index in [9.17, 15) is 9.59 Å². The number of ether oxygens (including phenoxy) is 2. The molecule has 0 N–H and O–H groups in total. The van der Waals surface area contributed by atoms with Crippen LogP contribution in [0.5, 0.6) is 0 Å². The molecule has 0 fully saturated rings. The smallest absolute Gasteiger partial charge is 0.323 e. The van der Waals surface area contributed by atoms with Crippen molar-refractivity contribution in [1.29, 1.82) is 0 Å². The van der Waals surface area contributed by atoms with Crippen LogP contribution in [0.2, 0.25) is 0 Å². The summed E-state index contributed by atoms with van der Waals surface area (Å²) in [6.07, 6.45) is 3.18. The van der Waals surface area contributed by atoms with Crippen LogP contribution in [0.1, 0.15) is 26.3 Å². The fraction of sp³-hybridized carbons (Fsp3) is 0.538. The van der Waals surface area contributed by atoms with Gasteiger partial charge in [0.15, 0.2) is 5.41 Å². The molecule has 0 aromatic carbocycles. The van der Waals surface area contributed by atoms with Crippen LogP contribution in [0.25, 0.3) is 0 Å².